The predicted octanol–water partition coefficient (Wildman–Crippen LogP) is 5.62. The number of H-pyrrole nitrogens is 1. The van der Waals surface area contributed by atoms with Crippen molar-refractivity contribution < 1.29 is 23.8 Å². The van der Waals surface area contributed by atoms with Crippen molar-refractivity contribution in [2.45, 2.75) is 19.3 Å². The van der Waals surface area contributed by atoms with E-state index in [0.717, 1.165) is 11.1 Å². The average molecular weight is 508 g/mol. The molecule has 3 aromatic carbocycles. The van der Waals surface area contributed by atoms with Gasteiger partial charge in [-0.1, -0.05) is 49.7 Å². The van der Waals surface area contributed by atoms with Crippen LogP contribution in [0.3, 0.4) is 0 Å². The lowest BCUT2D eigenvalue weighted by atomic mass is 9.85. The molecule has 0 fully saturated rings. The Labute approximate surface area is 213 Å². The lowest BCUT2D eigenvalue weighted by Gasteiger charge is -2.26. The molecule has 1 aromatic heterocycles. The number of hydrogen-bond acceptors (Lipinski definition) is 6. The van der Waals surface area contributed by atoms with Crippen molar-refractivity contribution in [3.8, 4) is 11.5 Å². The van der Waals surface area contributed by atoms with Crippen LogP contribution in [-0.4, -0.2) is 42.9 Å². The minimum atomic E-state index is -0.593. The first-order valence-corrected chi connectivity index (χ1v) is 11.5. The Kier molecular flexibility index (Phi) is 7.17. The first kappa shape index (κ1) is 25.1. The third-order valence-corrected chi connectivity index (χ3v) is 6.14. The lowest BCUT2D eigenvalue weighted by Crippen LogP contribution is -2.27. The van der Waals surface area contributed by atoms with Gasteiger partial charge in [0, 0.05) is 27.1 Å². The number of nitrogens with zero attached hydrogens (tertiary/aromatic N) is 1. The van der Waals surface area contributed by atoms with Crippen molar-refractivity contribution in [2.75, 3.05) is 26.1 Å². The number of aromatic amines is 1. The number of amides is 1. The van der Waals surface area contributed by atoms with Crippen molar-refractivity contribution in [3.05, 3.63) is 82.5 Å². The van der Waals surface area contributed by atoms with Crippen LogP contribution in [0.25, 0.3) is 10.9 Å². The van der Waals surface area contributed by atoms with Gasteiger partial charge in [0.1, 0.15) is 6.61 Å². The summed E-state index contributed by atoms with van der Waals surface area (Å²) in [7, 11) is 3.04. The highest BCUT2D eigenvalue weighted by atomic mass is 35.5. The Bertz CT molecular complexity index is 1430. The van der Waals surface area contributed by atoms with Crippen LogP contribution < -0.4 is 14.8 Å². The second-order valence-corrected chi connectivity index (χ2v) is 9.20. The monoisotopic (exact) mass is 507 g/mol. The van der Waals surface area contributed by atoms with Gasteiger partial charge in [-0.25, -0.2) is 4.79 Å². The summed E-state index contributed by atoms with van der Waals surface area (Å²) < 4.78 is 16.1. The van der Waals surface area contributed by atoms with E-state index in [0.29, 0.717) is 33.2 Å². The van der Waals surface area contributed by atoms with E-state index in [2.05, 4.69) is 15.5 Å². The molecule has 0 saturated heterocycles. The van der Waals surface area contributed by atoms with Crippen molar-refractivity contribution in [1.82, 2.24) is 10.2 Å². The molecule has 9 heteroatoms. The third-order valence-electron chi connectivity index (χ3n) is 5.83. The van der Waals surface area contributed by atoms with E-state index in [1.807, 2.05) is 44.2 Å². The van der Waals surface area contributed by atoms with Gasteiger partial charge in [0.15, 0.2) is 17.2 Å². The lowest BCUT2D eigenvalue weighted by molar-refractivity contribution is 0.0422. The molecule has 8 nitrogen and oxygen atoms in total. The van der Waals surface area contributed by atoms with Gasteiger partial charge >= 0.3 is 5.97 Å². The molecule has 1 amide bonds. The number of rotatable bonds is 8. The second-order valence-electron chi connectivity index (χ2n) is 8.80. The van der Waals surface area contributed by atoms with Gasteiger partial charge in [0.05, 0.1) is 19.7 Å². The Morgan fingerprint density at radius 3 is 2.47 bits per heavy atom. The van der Waals surface area contributed by atoms with Gasteiger partial charge in [0.25, 0.3) is 5.91 Å². The van der Waals surface area contributed by atoms with Crippen molar-refractivity contribution in [1.29, 1.82) is 0 Å². The molecule has 4 aromatic rings. The van der Waals surface area contributed by atoms with Crippen LogP contribution in [0.1, 0.15) is 40.3 Å². The molecule has 0 aliphatic carbocycles. The normalized spacial score (nSPS) is 11.2. The van der Waals surface area contributed by atoms with Crippen LogP contribution in [0.15, 0.2) is 60.7 Å². The summed E-state index contributed by atoms with van der Waals surface area (Å²) >= 11 is 6.58. The molecule has 0 aliphatic rings. The fourth-order valence-electron chi connectivity index (χ4n) is 3.83. The highest BCUT2D eigenvalue weighted by molar-refractivity contribution is 6.32. The fraction of sp³-hybridized carbons (Fsp3) is 0.222. The number of ether oxygens (including phenoxy) is 3. The standard InChI is InChI=1S/C27H26ClN3O5/c1-27(2,15-36-26(33)24-18-7-5-6-8-21(18)30-31-24)19-11-10-17(14-20(19)28)29-25(32)16-9-12-22(34-3)23(13-16)35-4/h5-14H,15H2,1-4H3,(H,29,32)(H,30,31). The third kappa shape index (κ3) is 5.13. The number of carbonyl (C=O) groups excluding carboxylic acids is 2. The number of benzene rings is 3. The van der Waals surface area contributed by atoms with Crippen molar-refractivity contribution in [3.63, 3.8) is 0 Å². The Hall–Kier alpha value is -4.04. The quantitative estimate of drug-likeness (QED) is 0.300. The molecule has 0 spiro atoms. The zero-order chi connectivity index (χ0) is 25.9. The SMILES string of the molecule is COc1ccc(C(=O)Nc2ccc(C(C)(C)COC(=O)c3n[nH]c4ccccc34)c(Cl)c2)cc1OC. The van der Waals surface area contributed by atoms with E-state index in [1.165, 1.54) is 14.2 Å². The van der Waals surface area contributed by atoms with Crippen LogP contribution in [0.4, 0.5) is 5.69 Å². The van der Waals surface area contributed by atoms with Crippen molar-refractivity contribution in [2.24, 2.45) is 0 Å². The molecule has 0 bridgehead atoms. The van der Waals surface area contributed by atoms with Gasteiger partial charge in [-0.05, 0) is 42.0 Å². The van der Waals surface area contributed by atoms with Crippen molar-refractivity contribution >= 4 is 40.1 Å². The summed E-state index contributed by atoms with van der Waals surface area (Å²) in [5.41, 5.74) is 2.11. The van der Waals surface area contributed by atoms with Crippen LogP contribution in [0, 0.1) is 0 Å². The largest absolute Gasteiger partial charge is 0.493 e. The molecule has 36 heavy (non-hydrogen) atoms. The first-order valence-electron chi connectivity index (χ1n) is 11.2. The summed E-state index contributed by atoms with van der Waals surface area (Å²) in [6.07, 6.45) is 0. The molecule has 0 unspecified atom stereocenters. The summed E-state index contributed by atoms with van der Waals surface area (Å²) in [6.45, 7) is 3.93. The Morgan fingerprint density at radius 1 is 1.00 bits per heavy atom. The highest BCUT2D eigenvalue weighted by Gasteiger charge is 2.27. The van der Waals surface area contributed by atoms with Crippen LogP contribution >= 0.6 is 11.6 Å². The number of carbonyl (C=O) groups is 2. The van der Waals surface area contributed by atoms with E-state index < -0.39 is 11.4 Å². The molecule has 0 radical (unpaired) electrons. The maximum atomic E-state index is 12.7. The smallest absolute Gasteiger partial charge is 0.359 e. The molecule has 0 saturated carbocycles. The van der Waals surface area contributed by atoms with Gasteiger partial charge in [-0.3, -0.25) is 9.89 Å². The second kappa shape index (κ2) is 10.3. The van der Waals surface area contributed by atoms with Gasteiger partial charge in [0.2, 0.25) is 0 Å². The zero-order valence-corrected chi connectivity index (χ0v) is 21.1. The van der Waals surface area contributed by atoms with Crippen LogP contribution in [0.2, 0.25) is 5.02 Å². The Morgan fingerprint density at radius 2 is 1.75 bits per heavy atom. The minimum absolute atomic E-state index is 0.0874. The average Bonchev–Trinajstić information content (AvgIpc) is 3.31. The number of fused-ring (bicyclic) bond motifs is 1. The minimum Gasteiger partial charge on any atom is -0.493 e. The van der Waals surface area contributed by atoms with Gasteiger partial charge < -0.3 is 19.5 Å². The molecule has 186 valence electrons. The highest BCUT2D eigenvalue weighted by Crippen LogP contribution is 2.33. The predicted molar refractivity (Wildman–Crippen MR) is 138 cm³/mol. The molecule has 1 heterocycles. The fourth-order valence-corrected chi connectivity index (χ4v) is 4.27. The van der Waals surface area contributed by atoms with E-state index in [9.17, 15) is 9.59 Å². The topological polar surface area (TPSA) is 103 Å². The van der Waals surface area contributed by atoms with Gasteiger partial charge in [-0.2, -0.15) is 5.10 Å². The molecular weight excluding hydrogens is 482 g/mol. The summed E-state index contributed by atoms with van der Waals surface area (Å²) in [6, 6.07) is 17.5. The van der Waals surface area contributed by atoms with E-state index >= 15 is 0 Å². The van der Waals surface area contributed by atoms with E-state index in [4.69, 9.17) is 25.8 Å². The molecule has 4 rings (SSSR count). The summed E-state index contributed by atoms with van der Waals surface area (Å²) in [5.74, 6) is 0.150. The zero-order valence-electron chi connectivity index (χ0n) is 20.3. The molecule has 2 N–H and O–H groups in total. The number of para-hydroxylation sites is 1. The number of hydrogen-bond donors (Lipinski definition) is 2. The number of halogens is 1. The maximum Gasteiger partial charge on any atom is 0.359 e. The van der Waals surface area contributed by atoms with Crippen LogP contribution in [0.5, 0.6) is 11.5 Å². The number of aromatic nitrogens is 2. The van der Waals surface area contributed by atoms with Gasteiger partial charge in [-0.15, -0.1) is 0 Å². The number of anilines is 1. The number of nitrogens with one attached hydrogen (secondary N) is 2. The van der Waals surface area contributed by atoms with E-state index in [-0.39, 0.29) is 18.2 Å². The van der Waals surface area contributed by atoms with E-state index in [1.54, 1.807) is 30.3 Å². The van der Waals surface area contributed by atoms with Crippen LogP contribution in [-0.2, 0) is 10.2 Å². The first-order chi connectivity index (χ1) is 17.2. The maximum absolute atomic E-state index is 12.7. The Balaban J connectivity index is 1.44. The number of methoxy groups -OCH3 is 2. The molecule has 0 aliphatic heterocycles. The summed E-state index contributed by atoms with van der Waals surface area (Å²) in [5, 5.41) is 10.9. The number of esters is 1. The summed E-state index contributed by atoms with van der Waals surface area (Å²) in [4.78, 5) is 25.4. The molecule has 0 atom stereocenters. The molecular formula is C27H26ClN3O5.